The molecule has 1 aliphatic rings. The number of benzene rings is 1. The van der Waals surface area contributed by atoms with E-state index in [2.05, 4.69) is 0 Å². The predicted molar refractivity (Wildman–Crippen MR) is 77.7 cm³/mol. The highest BCUT2D eigenvalue weighted by Gasteiger charge is 2.39. The fourth-order valence-electron chi connectivity index (χ4n) is 2.70. The van der Waals surface area contributed by atoms with Gasteiger partial charge in [0.1, 0.15) is 4.90 Å². The van der Waals surface area contributed by atoms with E-state index in [0.717, 1.165) is 19.3 Å². The van der Waals surface area contributed by atoms with Crippen molar-refractivity contribution in [3.8, 4) is 0 Å². The number of nitrogens with two attached hydrogens (primary N) is 1. The maximum Gasteiger partial charge on any atom is 0.245 e. The van der Waals surface area contributed by atoms with Gasteiger partial charge in [-0.1, -0.05) is 18.5 Å². The van der Waals surface area contributed by atoms with Gasteiger partial charge in [-0.3, -0.25) is 0 Å². The van der Waals surface area contributed by atoms with Gasteiger partial charge in [0.15, 0.2) is 0 Å². The molecule has 0 bridgehead atoms. The number of hydrogen-bond donors (Lipinski definition) is 1. The van der Waals surface area contributed by atoms with Gasteiger partial charge in [-0.05, 0) is 44.4 Å². The summed E-state index contributed by atoms with van der Waals surface area (Å²) in [5.41, 5.74) is 6.09. The normalized spacial score (nSPS) is 24.8. The van der Waals surface area contributed by atoms with Crippen LogP contribution in [0.3, 0.4) is 0 Å². The molecule has 0 aliphatic carbocycles. The fraction of sp³-hybridized carbons (Fsp3) is 0.538. The van der Waals surface area contributed by atoms with E-state index >= 15 is 0 Å². The third kappa shape index (κ3) is 2.59. The first-order valence-corrected chi connectivity index (χ1v) is 8.28. The number of rotatable bonds is 3. The number of nitrogen functional groups attached to an aromatic ring is 1. The van der Waals surface area contributed by atoms with Gasteiger partial charge in [0, 0.05) is 17.8 Å². The Kier molecular flexibility index (Phi) is 4.08. The summed E-state index contributed by atoms with van der Waals surface area (Å²) in [7, 11) is -3.58. The lowest BCUT2D eigenvalue weighted by molar-refractivity contribution is 0.329. The topological polar surface area (TPSA) is 63.4 Å². The predicted octanol–water partition coefficient (Wildman–Crippen LogP) is 2.87. The van der Waals surface area contributed by atoms with Crippen LogP contribution < -0.4 is 5.73 Å². The standard InChI is InChI=1S/C13H19ClN2O2S/c1-3-11-6-4-9(2)16(11)19(17,18)13-8-10(15)5-7-12(13)14/h5,7-9,11H,3-4,6,15H2,1-2H3. The van der Waals surface area contributed by atoms with Crippen LogP contribution in [0.2, 0.25) is 5.02 Å². The van der Waals surface area contributed by atoms with Crippen molar-refractivity contribution < 1.29 is 8.42 Å². The SMILES string of the molecule is CCC1CCC(C)N1S(=O)(=O)c1cc(N)ccc1Cl. The van der Waals surface area contributed by atoms with Crippen molar-refractivity contribution in [2.45, 2.75) is 50.1 Å². The molecule has 1 aromatic carbocycles. The first-order valence-electron chi connectivity index (χ1n) is 6.46. The largest absolute Gasteiger partial charge is 0.399 e. The van der Waals surface area contributed by atoms with Gasteiger partial charge in [0.05, 0.1) is 5.02 Å². The second kappa shape index (κ2) is 5.31. The number of sulfonamides is 1. The van der Waals surface area contributed by atoms with Crippen molar-refractivity contribution in [1.29, 1.82) is 0 Å². The summed E-state index contributed by atoms with van der Waals surface area (Å²) in [5, 5.41) is 0.225. The number of halogens is 1. The Labute approximate surface area is 119 Å². The van der Waals surface area contributed by atoms with E-state index < -0.39 is 10.0 Å². The molecule has 2 rings (SSSR count). The summed E-state index contributed by atoms with van der Waals surface area (Å²) >= 11 is 6.04. The van der Waals surface area contributed by atoms with E-state index in [1.165, 1.54) is 12.1 Å². The highest BCUT2D eigenvalue weighted by atomic mass is 35.5. The van der Waals surface area contributed by atoms with Crippen LogP contribution in [0.1, 0.15) is 33.1 Å². The summed E-state index contributed by atoms with van der Waals surface area (Å²) in [4.78, 5) is 0.112. The van der Waals surface area contributed by atoms with Gasteiger partial charge >= 0.3 is 0 Å². The Morgan fingerprint density at radius 3 is 2.74 bits per heavy atom. The van der Waals surface area contributed by atoms with Crippen LogP contribution in [0.25, 0.3) is 0 Å². The average molecular weight is 303 g/mol. The molecular weight excluding hydrogens is 284 g/mol. The third-order valence-electron chi connectivity index (χ3n) is 3.69. The molecule has 1 aliphatic heterocycles. The van der Waals surface area contributed by atoms with E-state index in [1.54, 1.807) is 10.4 Å². The molecule has 1 fully saturated rings. The number of nitrogens with zero attached hydrogens (tertiary/aromatic N) is 1. The molecule has 2 atom stereocenters. The molecule has 2 unspecified atom stereocenters. The molecule has 1 saturated heterocycles. The Morgan fingerprint density at radius 2 is 2.11 bits per heavy atom. The average Bonchev–Trinajstić information content (AvgIpc) is 2.74. The Balaban J connectivity index is 2.50. The van der Waals surface area contributed by atoms with Crippen molar-refractivity contribution in [2.75, 3.05) is 5.73 Å². The van der Waals surface area contributed by atoms with Gasteiger partial charge in [-0.2, -0.15) is 4.31 Å². The molecule has 0 amide bonds. The van der Waals surface area contributed by atoms with Crippen LogP contribution in [-0.4, -0.2) is 24.8 Å². The highest BCUT2D eigenvalue weighted by molar-refractivity contribution is 7.89. The zero-order chi connectivity index (χ0) is 14.2. The summed E-state index contributed by atoms with van der Waals surface area (Å²) < 4.78 is 27.1. The van der Waals surface area contributed by atoms with Crippen molar-refractivity contribution >= 4 is 27.3 Å². The Hall–Kier alpha value is -0.780. The van der Waals surface area contributed by atoms with Crippen molar-refractivity contribution in [2.24, 2.45) is 0 Å². The minimum Gasteiger partial charge on any atom is -0.399 e. The van der Waals surface area contributed by atoms with Gasteiger partial charge < -0.3 is 5.73 Å². The molecule has 0 aromatic heterocycles. The van der Waals surface area contributed by atoms with Crippen LogP contribution in [-0.2, 0) is 10.0 Å². The van der Waals surface area contributed by atoms with E-state index in [-0.39, 0.29) is 22.0 Å². The summed E-state index contributed by atoms with van der Waals surface area (Å²) in [6, 6.07) is 4.64. The number of anilines is 1. The zero-order valence-electron chi connectivity index (χ0n) is 11.1. The van der Waals surface area contributed by atoms with Gasteiger partial charge in [0.2, 0.25) is 10.0 Å². The van der Waals surface area contributed by atoms with Crippen LogP contribution >= 0.6 is 11.6 Å². The van der Waals surface area contributed by atoms with Crippen molar-refractivity contribution in [3.63, 3.8) is 0 Å². The molecule has 6 heteroatoms. The van der Waals surface area contributed by atoms with E-state index in [9.17, 15) is 8.42 Å². The second-order valence-electron chi connectivity index (χ2n) is 5.01. The molecule has 1 aromatic rings. The van der Waals surface area contributed by atoms with E-state index in [1.807, 2.05) is 13.8 Å². The minimum atomic E-state index is -3.58. The first kappa shape index (κ1) is 14.6. The van der Waals surface area contributed by atoms with Crippen LogP contribution in [0.4, 0.5) is 5.69 Å². The smallest absolute Gasteiger partial charge is 0.245 e. The molecule has 1 heterocycles. The lowest BCUT2D eigenvalue weighted by Gasteiger charge is -2.27. The zero-order valence-corrected chi connectivity index (χ0v) is 12.7. The molecule has 106 valence electrons. The second-order valence-corrected chi connectivity index (χ2v) is 7.23. The lowest BCUT2D eigenvalue weighted by Crippen LogP contribution is -2.39. The third-order valence-corrected chi connectivity index (χ3v) is 6.24. The van der Waals surface area contributed by atoms with E-state index in [4.69, 9.17) is 17.3 Å². The summed E-state index contributed by atoms with van der Waals surface area (Å²) in [6.07, 6.45) is 2.60. The molecule has 0 radical (unpaired) electrons. The number of hydrogen-bond acceptors (Lipinski definition) is 3. The highest BCUT2D eigenvalue weighted by Crippen LogP contribution is 2.35. The summed E-state index contributed by atoms with van der Waals surface area (Å²) in [6.45, 7) is 3.94. The van der Waals surface area contributed by atoms with Crippen LogP contribution in [0.5, 0.6) is 0 Å². The van der Waals surface area contributed by atoms with Crippen LogP contribution in [0.15, 0.2) is 23.1 Å². The van der Waals surface area contributed by atoms with Crippen LogP contribution in [0, 0.1) is 0 Å². The molecule has 19 heavy (non-hydrogen) atoms. The van der Waals surface area contributed by atoms with Gasteiger partial charge in [-0.25, -0.2) is 8.42 Å². The molecular formula is C13H19ClN2O2S. The van der Waals surface area contributed by atoms with Crippen molar-refractivity contribution in [1.82, 2.24) is 4.31 Å². The maximum absolute atomic E-state index is 12.8. The monoisotopic (exact) mass is 302 g/mol. The van der Waals surface area contributed by atoms with Crippen molar-refractivity contribution in [3.05, 3.63) is 23.2 Å². The fourth-order valence-corrected chi connectivity index (χ4v) is 5.16. The quantitative estimate of drug-likeness (QED) is 0.873. The van der Waals surface area contributed by atoms with E-state index in [0.29, 0.717) is 5.69 Å². The Morgan fingerprint density at radius 1 is 1.42 bits per heavy atom. The summed E-state index contributed by atoms with van der Waals surface area (Å²) in [5.74, 6) is 0. The maximum atomic E-state index is 12.8. The molecule has 0 saturated carbocycles. The van der Waals surface area contributed by atoms with Gasteiger partial charge in [-0.15, -0.1) is 0 Å². The molecule has 0 spiro atoms. The Bertz CT molecular complexity index is 574. The van der Waals surface area contributed by atoms with Gasteiger partial charge in [0.25, 0.3) is 0 Å². The lowest BCUT2D eigenvalue weighted by atomic mass is 10.2. The molecule has 4 nitrogen and oxygen atoms in total. The first-order chi connectivity index (χ1) is 8.87. The molecule has 2 N–H and O–H groups in total. The minimum absolute atomic E-state index is 0.00690.